The lowest BCUT2D eigenvalue weighted by atomic mass is 9.96. The second kappa shape index (κ2) is 8.34. The van der Waals surface area contributed by atoms with E-state index in [2.05, 4.69) is 6.07 Å². The summed E-state index contributed by atoms with van der Waals surface area (Å²) in [5.74, 6) is 0.296. The van der Waals surface area contributed by atoms with Crippen molar-refractivity contribution in [2.24, 2.45) is 0 Å². The molecule has 0 N–H and O–H groups in total. The van der Waals surface area contributed by atoms with E-state index in [1.807, 2.05) is 44.2 Å². The number of aryl methyl sites for hydroxylation is 2. The molecular weight excluding hydrogens is 314 g/mol. The van der Waals surface area contributed by atoms with Gasteiger partial charge in [0.25, 0.3) is 0 Å². The van der Waals surface area contributed by atoms with Crippen LogP contribution in [0.2, 0.25) is 0 Å². The SMILES string of the molecule is CCOC(=O)C(C)Oc1c(C)cc(C)cc1Cc1ccccc1C#N. The Labute approximate surface area is 149 Å². The van der Waals surface area contributed by atoms with E-state index in [1.54, 1.807) is 19.9 Å². The molecule has 0 aliphatic heterocycles. The molecule has 2 rings (SSSR count). The van der Waals surface area contributed by atoms with E-state index in [0.717, 1.165) is 22.3 Å². The minimum Gasteiger partial charge on any atom is -0.478 e. The number of carbonyl (C=O) groups excluding carboxylic acids is 1. The maximum Gasteiger partial charge on any atom is 0.347 e. The predicted molar refractivity (Wildman–Crippen MR) is 96.6 cm³/mol. The number of rotatable bonds is 6. The normalized spacial score (nSPS) is 11.5. The van der Waals surface area contributed by atoms with Crippen molar-refractivity contribution in [3.63, 3.8) is 0 Å². The third kappa shape index (κ3) is 4.60. The number of hydrogen-bond donors (Lipinski definition) is 0. The summed E-state index contributed by atoms with van der Waals surface area (Å²) in [5.41, 5.74) is 4.60. The summed E-state index contributed by atoms with van der Waals surface area (Å²) in [6, 6.07) is 13.8. The van der Waals surface area contributed by atoms with E-state index >= 15 is 0 Å². The Hall–Kier alpha value is -2.80. The zero-order valence-electron chi connectivity index (χ0n) is 15.1. The van der Waals surface area contributed by atoms with Crippen LogP contribution in [0.5, 0.6) is 5.75 Å². The first-order valence-corrected chi connectivity index (χ1v) is 8.37. The van der Waals surface area contributed by atoms with Crippen molar-refractivity contribution in [3.05, 3.63) is 64.2 Å². The van der Waals surface area contributed by atoms with Crippen molar-refractivity contribution in [2.45, 2.75) is 40.2 Å². The molecule has 0 heterocycles. The number of nitriles is 1. The molecule has 2 aromatic carbocycles. The molecule has 0 saturated heterocycles. The lowest BCUT2D eigenvalue weighted by molar-refractivity contribution is -0.150. The number of hydrogen-bond acceptors (Lipinski definition) is 4. The highest BCUT2D eigenvalue weighted by Crippen LogP contribution is 2.29. The summed E-state index contributed by atoms with van der Waals surface area (Å²) in [6.45, 7) is 7.75. The Morgan fingerprint density at radius 1 is 1.20 bits per heavy atom. The molecule has 0 aliphatic rings. The van der Waals surface area contributed by atoms with Crippen molar-refractivity contribution < 1.29 is 14.3 Å². The van der Waals surface area contributed by atoms with Crippen molar-refractivity contribution in [1.82, 2.24) is 0 Å². The maximum absolute atomic E-state index is 11.9. The Morgan fingerprint density at radius 2 is 1.92 bits per heavy atom. The van der Waals surface area contributed by atoms with Crippen LogP contribution in [0.15, 0.2) is 36.4 Å². The van der Waals surface area contributed by atoms with Crippen LogP contribution in [0.25, 0.3) is 0 Å². The molecule has 0 bridgehead atoms. The monoisotopic (exact) mass is 337 g/mol. The Bertz CT molecular complexity index is 805. The summed E-state index contributed by atoms with van der Waals surface area (Å²) in [7, 11) is 0. The van der Waals surface area contributed by atoms with Crippen LogP contribution in [0.3, 0.4) is 0 Å². The van der Waals surface area contributed by atoms with E-state index in [4.69, 9.17) is 9.47 Å². The number of ether oxygens (including phenoxy) is 2. The Kier molecular flexibility index (Phi) is 6.19. The zero-order chi connectivity index (χ0) is 18.4. The molecule has 25 heavy (non-hydrogen) atoms. The lowest BCUT2D eigenvalue weighted by Gasteiger charge is -2.19. The molecule has 0 fully saturated rings. The third-order valence-corrected chi connectivity index (χ3v) is 3.93. The highest BCUT2D eigenvalue weighted by atomic mass is 16.6. The van der Waals surface area contributed by atoms with Crippen LogP contribution in [0.1, 0.15) is 41.7 Å². The van der Waals surface area contributed by atoms with Gasteiger partial charge in [-0.3, -0.25) is 0 Å². The number of esters is 1. The molecule has 0 saturated carbocycles. The van der Waals surface area contributed by atoms with Crippen molar-refractivity contribution in [1.29, 1.82) is 5.26 Å². The van der Waals surface area contributed by atoms with Gasteiger partial charge < -0.3 is 9.47 Å². The van der Waals surface area contributed by atoms with Gasteiger partial charge in [0.05, 0.1) is 18.2 Å². The van der Waals surface area contributed by atoms with Crippen molar-refractivity contribution in [2.75, 3.05) is 6.61 Å². The summed E-state index contributed by atoms with van der Waals surface area (Å²) in [6.07, 6.45) is -0.122. The maximum atomic E-state index is 11.9. The quantitative estimate of drug-likeness (QED) is 0.745. The summed E-state index contributed by atoms with van der Waals surface area (Å²) >= 11 is 0. The molecule has 2 aromatic rings. The molecular formula is C21H23NO3. The van der Waals surface area contributed by atoms with Gasteiger partial charge >= 0.3 is 5.97 Å². The van der Waals surface area contributed by atoms with Crippen LogP contribution in [0.4, 0.5) is 0 Å². The second-order valence-corrected chi connectivity index (χ2v) is 6.03. The standard InChI is InChI=1S/C21H23NO3/c1-5-24-21(23)16(4)25-20-15(3)10-14(2)11-19(20)12-17-8-6-7-9-18(17)13-22/h6-11,16H,5,12H2,1-4H3. The molecule has 0 radical (unpaired) electrons. The van der Waals surface area contributed by atoms with Gasteiger partial charge in [0.2, 0.25) is 0 Å². The van der Waals surface area contributed by atoms with E-state index in [9.17, 15) is 10.1 Å². The second-order valence-electron chi connectivity index (χ2n) is 6.03. The summed E-state index contributed by atoms with van der Waals surface area (Å²) < 4.78 is 11.0. The summed E-state index contributed by atoms with van der Waals surface area (Å²) in [4.78, 5) is 11.9. The van der Waals surface area contributed by atoms with Gasteiger partial charge in [-0.25, -0.2) is 4.79 Å². The Balaban J connectivity index is 2.37. The molecule has 1 atom stereocenters. The molecule has 130 valence electrons. The minimum absolute atomic E-state index is 0.321. The van der Waals surface area contributed by atoms with Crippen LogP contribution in [-0.4, -0.2) is 18.7 Å². The van der Waals surface area contributed by atoms with E-state index in [0.29, 0.717) is 24.3 Å². The van der Waals surface area contributed by atoms with Gasteiger partial charge in [-0.15, -0.1) is 0 Å². The fourth-order valence-electron chi connectivity index (χ4n) is 2.82. The van der Waals surface area contributed by atoms with Crippen molar-refractivity contribution >= 4 is 5.97 Å². The molecule has 4 heteroatoms. The summed E-state index contributed by atoms with van der Waals surface area (Å²) in [5, 5.41) is 9.31. The van der Waals surface area contributed by atoms with E-state index < -0.39 is 6.10 Å². The van der Waals surface area contributed by atoms with Crippen molar-refractivity contribution in [3.8, 4) is 11.8 Å². The number of nitrogens with zero attached hydrogens (tertiary/aromatic N) is 1. The molecule has 0 aliphatic carbocycles. The third-order valence-electron chi connectivity index (χ3n) is 3.93. The molecule has 0 amide bonds. The topological polar surface area (TPSA) is 59.3 Å². The van der Waals surface area contributed by atoms with Gasteiger partial charge in [-0.1, -0.05) is 35.9 Å². The highest BCUT2D eigenvalue weighted by molar-refractivity contribution is 5.74. The Morgan fingerprint density at radius 3 is 2.60 bits per heavy atom. The van der Waals surface area contributed by atoms with Gasteiger partial charge in [-0.05, 0) is 50.5 Å². The van der Waals surface area contributed by atoms with Crippen LogP contribution in [0, 0.1) is 25.2 Å². The zero-order valence-corrected chi connectivity index (χ0v) is 15.1. The largest absolute Gasteiger partial charge is 0.478 e. The molecule has 0 aromatic heterocycles. The van der Waals surface area contributed by atoms with E-state index in [-0.39, 0.29) is 5.97 Å². The first kappa shape index (κ1) is 18.5. The lowest BCUT2D eigenvalue weighted by Crippen LogP contribution is -2.26. The van der Waals surface area contributed by atoms with Gasteiger partial charge in [0.1, 0.15) is 5.75 Å². The van der Waals surface area contributed by atoms with Gasteiger partial charge in [0.15, 0.2) is 6.10 Å². The van der Waals surface area contributed by atoms with Crippen LogP contribution >= 0.6 is 0 Å². The fourth-order valence-corrected chi connectivity index (χ4v) is 2.82. The molecule has 0 spiro atoms. The van der Waals surface area contributed by atoms with E-state index in [1.165, 1.54) is 0 Å². The fraction of sp³-hybridized carbons (Fsp3) is 0.333. The highest BCUT2D eigenvalue weighted by Gasteiger charge is 2.19. The van der Waals surface area contributed by atoms with Gasteiger partial charge in [-0.2, -0.15) is 5.26 Å². The first-order chi connectivity index (χ1) is 12.0. The average molecular weight is 337 g/mol. The average Bonchev–Trinajstić information content (AvgIpc) is 2.58. The first-order valence-electron chi connectivity index (χ1n) is 8.37. The van der Waals surface area contributed by atoms with Crippen LogP contribution in [-0.2, 0) is 16.0 Å². The number of carbonyl (C=O) groups is 1. The van der Waals surface area contributed by atoms with Gasteiger partial charge in [0, 0.05) is 6.42 Å². The van der Waals surface area contributed by atoms with Crippen LogP contribution < -0.4 is 4.74 Å². The smallest absolute Gasteiger partial charge is 0.347 e. The predicted octanol–water partition coefficient (Wildman–Crippen LogP) is 4.10. The molecule has 4 nitrogen and oxygen atoms in total. The molecule has 1 unspecified atom stereocenters. The number of benzene rings is 2. The minimum atomic E-state index is -0.689.